The Hall–Kier alpha value is -1.02. The molecule has 0 saturated heterocycles. The maximum absolute atomic E-state index is 11.7. The van der Waals surface area contributed by atoms with Crippen molar-refractivity contribution in [2.75, 3.05) is 0 Å². The zero-order valence-corrected chi connectivity index (χ0v) is 19.6. The van der Waals surface area contributed by atoms with Crippen LogP contribution in [0.4, 0.5) is 0 Å². The largest absolute Gasteiger partial charge is 1.00 e. The number of halogens is 1. The molecule has 3 nitrogen and oxygen atoms in total. The van der Waals surface area contributed by atoms with Crippen LogP contribution in [-0.2, 0) is 10.1 Å². The quantitative estimate of drug-likeness (QED) is 0.233. The van der Waals surface area contributed by atoms with Crippen molar-refractivity contribution in [3.05, 3.63) is 77.8 Å². The molecule has 0 heterocycles. The van der Waals surface area contributed by atoms with Crippen LogP contribution in [0.1, 0.15) is 0 Å². The second kappa shape index (κ2) is 7.34. The van der Waals surface area contributed by atoms with Crippen LogP contribution in [0.15, 0.2) is 77.7 Å². The van der Waals surface area contributed by atoms with Crippen molar-refractivity contribution in [1.29, 1.82) is 0 Å². The minimum atomic E-state index is -4.68. The van der Waals surface area contributed by atoms with Gasteiger partial charge in [0.25, 0.3) is 0 Å². The molecule has 0 fully saturated rings. The van der Waals surface area contributed by atoms with Gasteiger partial charge in [0, 0.05) is 5.39 Å². The van der Waals surface area contributed by atoms with E-state index in [9.17, 15) is 13.0 Å². The van der Waals surface area contributed by atoms with Crippen molar-refractivity contribution in [3.63, 3.8) is 0 Å². The van der Waals surface area contributed by atoms with E-state index in [-0.39, 0.29) is 61.3 Å². The predicted molar refractivity (Wildman–Crippen MR) is 109 cm³/mol. The Bertz CT molecular complexity index is 1510. The van der Waals surface area contributed by atoms with Crippen LogP contribution >= 0.6 is 11.6 Å². The van der Waals surface area contributed by atoms with Crippen molar-refractivity contribution in [3.8, 4) is 0 Å². The maximum Gasteiger partial charge on any atom is 1.00 e. The van der Waals surface area contributed by atoms with Crippen molar-refractivity contribution >= 4 is 64.8 Å². The summed E-state index contributed by atoms with van der Waals surface area (Å²) in [6, 6.07) is 23.3. The van der Waals surface area contributed by atoms with Gasteiger partial charge in [-0.25, -0.2) is 8.42 Å². The number of fused-ring (bicyclic) bond motifs is 4. The molecule has 0 bridgehead atoms. The average molecular weight is 431 g/mol. The third-order valence-electron chi connectivity index (χ3n) is 4.95. The van der Waals surface area contributed by atoms with Crippen molar-refractivity contribution < 1.29 is 64.4 Å². The minimum Gasteiger partial charge on any atom is -0.744 e. The third-order valence-corrected chi connectivity index (χ3v) is 6.32. The molecule has 0 N–H and O–H groups in total. The molecule has 28 heavy (non-hydrogen) atoms. The average Bonchev–Trinajstić information content (AvgIpc) is 2.62. The summed E-state index contributed by atoms with van der Waals surface area (Å²) < 4.78 is 35.2. The first-order valence-corrected chi connectivity index (χ1v) is 10.1. The fraction of sp³-hybridized carbons (Fsp3) is 0. The Labute approximate surface area is 209 Å². The van der Waals surface area contributed by atoms with E-state index in [2.05, 4.69) is 30.3 Å². The molecule has 0 saturated carbocycles. The Morgan fingerprint density at radius 3 is 1.64 bits per heavy atom. The molecule has 0 aromatic heterocycles. The first kappa shape index (κ1) is 20.3. The van der Waals surface area contributed by atoms with E-state index in [1.54, 1.807) is 12.1 Å². The summed E-state index contributed by atoms with van der Waals surface area (Å²) in [6.45, 7) is 0. The van der Waals surface area contributed by atoms with Gasteiger partial charge in [-0.3, -0.25) is 0 Å². The van der Waals surface area contributed by atoms with E-state index in [1.165, 1.54) is 6.07 Å². The van der Waals surface area contributed by atoms with Crippen LogP contribution < -0.4 is 51.4 Å². The summed E-state index contributed by atoms with van der Waals surface area (Å²) in [6.07, 6.45) is 0. The van der Waals surface area contributed by atoms with Gasteiger partial charge in [-0.15, -0.1) is 0 Å². The van der Waals surface area contributed by atoms with Crippen LogP contribution in [0, 0.1) is 0 Å². The summed E-state index contributed by atoms with van der Waals surface area (Å²) in [7, 11) is -4.68. The predicted octanol–water partition coefficient (Wildman–Crippen LogP) is 2.86. The molecule has 6 heteroatoms. The monoisotopic (exact) mass is 430 g/mol. The smallest absolute Gasteiger partial charge is 0.744 e. The number of hydrogen-bond acceptors (Lipinski definition) is 3. The maximum atomic E-state index is 11.7. The normalized spacial score (nSPS) is 11.9. The summed E-state index contributed by atoms with van der Waals surface area (Å²) in [4.78, 5) is -0.359. The Balaban J connectivity index is 0.00000192. The molecule has 132 valence electrons. The zero-order valence-electron chi connectivity index (χ0n) is 14.9. The van der Waals surface area contributed by atoms with Crippen LogP contribution in [0.25, 0.3) is 43.1 Å². The SMILES string of the molecule is O=S(=O)([O-])c1c(Cl)ccc2cc3cc4cc5ccccc5cc4cc3cc12.[K+]. The van der Waals surface area contributed by atoms with Gasteiger partial charge in [0.2, 0.25) is 0 Å². The van der Waals surface area contributed by atoms with Crippen LogP contribution in [0.3, 0.4) is 0 Å². The molecule has 0 spiro atoms. The fourth-order valence-corrected chi connectivity index (χ4v) is 4.92. The van der Waals surface area contributed by atoms with Gasteiger partial charge in [-0.2, -0.15) is 0 Å². The van der Waals surface area contributed by atoms with Gasteiger partial charge in [0.15, 0.2) is 0 Å². The Morgan fingerprint density at radius 2 is 1.11 bits per heavy atom. The topological polar surface area (TPSA) is 57.2 Å². The van der Waals surface area contributed by atoms with E-state index in [4.69, 9.17) is 11.6 Å². The summed E-state index contributed by atoms with van der Waals surface area (Å²) >= 11 is 6.02. The van der Waals surface area contributed by atoms with E-state index in [0.29, 0.717) is 10.8 Å². The standard InChI is InChI=1S/C22H13ClO3S.K/c23-21-6-5-15-9-18-10-16-7-13-3-1-2-4-14(13)8-17(16)11-19(18)12-20(15)22(21)27(24,25)26;/h1-12H,(H,24,25,26);/q;+1/p-1. The molecule has 5 rings (SSSR count). The van der Waals surface area contributed by atoms with Crippen LogP contribution in [0.2, 0.25) is 5.02 Å². The third kappa shape index (κ3) is 3.40. The number of rotatable bonds is 1. The molecule has 0 amide bonds. The summed E-state index contributed by atoms with van der Waals surface area (Å²) in [5.74, 6) is 0. The fourth-order valence-electron chi connectivity index (χ4n) is 3.72. The summed E-state index contributed by atoms with van der Waals surface area (Å²) in [5, 5.41) is 7.25. The molecule has 0 radical (unpaired) electrons. The molecule has 0 atom stereocenters. The van der Waals surface area contributed by atoms with Gasteiger partial charge >= 0.3 is 51.4 Å². The second-order valence-electron chi connectivity index (χ2n) is 6.65. The van der Waals surface area contributed by atoms with E-state index in [0.717, 1.165) is 32.3 Å². The molecular weight excluding hydrogens is 419 g/mol. The number of hydrogen-bond donors (Lipinski definition) is 0. The van der Waals surface area contributed by atoms with Crippen LogP contribution in [-0.4, -0.2) is 13.0 Å². The molecule has 0 aliphatic carbocycles. The van der Waals surface area contributed by atoms with Gasteiger partial charge in [-0.1, -0.05) is 41.9 Å². The second-order valence-corrected chi connectivity index (χ2v) is 8.37. The van der Waals surface area contributed by atoms with Crippen molar-refractivity contribution in [2.45, 2.75) is 4.90 Å². The van der Waals surface area contributed by atoms with Crippen LogP contribution in [0.5, 0.6) is 0 Å². The molecule has 5 aromatic rings. The van der Waals surface area contributed by atoms with Gasteiger partial charge in [-0.05, 0) is 80.2 Å². The van der Waals surface area contributed by atoms with Gasteiger partial charge in [0.1, 0.15) is 10.1 Å². The van der Waals surface area contributed by atoms with E-state index >= 15 is 0 Å². The first-order chi connectivity index (χ1) is 12.9. The molecule has 0 unspecified atom stereocenters. The molecule has 0 aliphatic rings. The Morgan fingerprint density at radius 1 is 0.643 bits per heavy atom. The first-order valence-electron chi connectivity index (χ1n) is 8.35. The molecule has 5 aromatic carbocycles. The van der Waals surface area contributed by atoms with E-state index < -0.39 is 10.1 Å². The Kier molecular flexibility index (Phi) is 5.31. The zero-order chi connectivity index (χ0) is 18.8. The van der Waals surface area contributed by atoms with Gasteiger partial charge < -0.3 is 4.55 Å². The molecular formula is C22H12ClKO3S. The van der Waals surface area contributed by atoms with Gasteiger partial charge in [0.05, 0.1) is 9.92 Å². The summed E-state index contributed by atoms with van der Waals surface area (Å²) in [5.41, 5.74) is 0. The minimum absolute atomic E-state index is 0. The van der Waals surface area contributed by atoms with Crippen molar-refractivity contribution in [1.82, 2.24) is 0 Å². The number of benzene rings is 5. The van der Waals surface area contributed by atoms with Crippen molar-refractivity contribution in [2.24, 2.45) is 0 Å². The van der Waals surface area contributed by atoms with E-state index in [1.807, 2.05) is 24.3 Å². The molecule has 0 aliphatic heterocycles.